The highest BCUT2D eigenvalue weighted by atomic mass is 32.1. The summed E-state index contributed by atoms with van der Waals surface area (Å²) in [6, 6.07) is 7.94. The SMILES string of the molecule is CCOC(=O)c1cnc(C#Cc2cccc(C)c2)s1. The lowest BCUT2D eigenvalue weighted by molar-refractivity contribution is 0.0532. The molecule has 0 aliphatic carbocycles. The molecular formula is C15H13NO2S. The zero-order valence-corrected chi connectivity index (χ0v) is 11.6. The summed E-state index contributed by atoms with van der Waals surface area (Å²) in [7, 11) is 0. The normalized spacial score (nSPS) is 9.58. The van der Waals surface area contributed by atoms with Gasteiger partial charge in [-0.1, -0.05) is 29.4 Å². The van der Waals surface area contributed by atoms with Gasteiger partial charge < -0.3 is 4.74 Å². The molecule has 0 aliphatic heterocycles. The van der Waals surface area contributed by atoms with Crippen LogP contribution in [0.1, 0.15) is 32.7 Å². The molecule has 0 bridgehead atoms. The number of aromatic nitrogens is 1. The van der Waals surface area contributed by atoms with Gasteiger partial charge in [-0.3, -0.25) is 0 Å². The van der Waals surface area contributed by atoms with E-state index < -0.39 is 0 Å². The Morgan fingerprint density at radius 3 is 3.00 bits per heavy atom. The number of benzene rings is 1. The monoisotopic (exact) mass is 271 g/mol. The van der Waals surface area contributed by atoms with Gasteiger partial charge in [0.25, 0.3) is 0 Å². The molecule has 2 rings (SSSR count). The van der Waals surface area contributed by atoms with Gasteiger partial charge in [0.1, 0.15) is 4.88 Å². The maximum absolute atomic E-state index is 11.5. The minimum atomic E-state index is -0.344. The van der Waals surface area contributed by atoms with Crippen molar-refractivity contribution in [2.75, 3.05) is 6.61 Å². The average Bonchev–Trinajstić information content (AvgIpc) is 2.86. The van der Waals surface area contributed by atoms with Crippen LogP contribution in [0.4, 0.5) is 0 Å². The van der Waals surface area contributed by atoms with Crippen LogP contribution in [-0.2, 0) is 4.74 Å². The Hall–Kier alpha value is -2.12. The molecule has 4 heteroatoms. The highest BCUT2D eigenvalue weighted by Gasteiger charge is 2.09. The van der Waals surface area contributed by atoms with Crippen LogP contribution in [0.25, 0.3) is 0 Å². The molecule has 1 aromatic carbocycles. The fourth-order valence-electron chi connectivity index (χ4n) is 1.48. The molecule has 0 saturated carbocycles. The Morgan fingerprint density at radius 1 is 1.42 bits per heavy atom. The third-order valence-electron chi connectivity index (χ3n) is 2.31. The average molecular weight is 271 g/mol. The van der Waals surface area contributed by atoms with Crippen LogP contribution in [0.15, 0.2) is 30.5 Å². The molecule has 1 aromatic heterocycles. The van der Waals surface area contributed by atoms with Gasteiger partial charge in [0.2, 0.25) is 0 Å². The van der Waals surface area contributed by atoms with Gasteiger partial charge in [0.15, 0.2) is 5.01 Å². The highest BCUT2D eigenvalue weighted by molar-refractivity contribution is 7.14. The van der Waals surface area contributed by atoms with Crippen molar-refractivity contribution in [3.05, 3.63) is 51.5 Å². The number of carbonyl (C=O) groups excluding carboxylic acids is 1. The van der Waals surface area contributed by atoms with Gasteiger partial charge in [0.05, 0.1) is 12.8 Å². The fraction of sp³-hybridized carbons (Fsp3) is 0.200. The summed E-state index contributed by atoms with van der Waals surface area (Å²) < 4.78 is 4.90. The number of ether oxygens (including phenoxy) is 1. The number of rotatable bonds is 2. The maximum Gasteiger partial charge on any atom is 0.349 e. The summed E-state index contributed by atoms with van der Waals surface area (Å²) in [5.74, 6) is 5.64. The van der Waals surface area contributed by atoms with E-state index in [4.69, 9.17) is 4.74 Å². The molecule has 0 radical (unpaired) electrons. The molecule has 0 spiro atoms. The van der Waals surface area contributed by atoms with Gasteiger partial charge in [-0.05, 0) is 37.5 Å². The van der Waals surface area contributed by atoms with E-state index >= 15 is 0 Å². The molecule has 0 N–H and O–H groups in total. The third kappa shape index (κ3) is 3.67. The lowest BCUT2D eigenvalue weighted by atomic mass is 10.1. The first kappa shape index (κ1) is 13.3. The van der Waals surface area contributed by atoms with E-state index in [2.05, 4.69) is 16.8 Å². The molecule has 0 aliphatic rings. The third-order valence-corrected chi connectivity index (χ3v) is 3.21. The molecule has 0 fully saturated rings. The predicted molar refractivity (Wildman–Crippen MR) is 75.2 cm³/mol. The van der Waals surface area contributed by atoms with Crippen LogP contribution in [0.5, 0.6) is 0 Å². The Kier molecular flexibility index (Phi) is 4.32. The molecule has 0 atom stereocenters. The molecule has 96 valence electrons. The molecule has 3 nitrogen and oxygen atoms in total. The van der Waals surface area contributed by atoms with Crippen molar-refractivity contribution in [3.63, 3.8) is 0 Å². The van der Waals surface area contributed by atoms with E-state index in [1.165, 1.54) is 17.5 Å². The van der Waals surface area contributed by atoms with Gasteiger partial charge >= 0.3 is 5.97 Å². The second-order valence-electron chi connectivity index (χ2n) is 3.87. The van der Waals surface area contributed by atoms with Gasteiger partial charge in [-0.2, -0.15) is 0 Å². The maximum atomic E-state index is 11.5. The standard InChI is InChI=1S/C15H13NO2S/c1-3-18-15(17)13-10-16-14(19-13)8-7-12-6-4-5-11(2)9-12/h4-6,9-10H,3H2,1-2H3. The second kappa shape index (κ2) is 6.17. The van der Waals surface area contributed by atoms with Crippen LogP contribution in [0.3, 0.4) is 0 Å². The number of hydrogen-bond acceptors (Lipinski definition) is 4. The first-order valence-corrected chi connectivity index (χ1v) is 6.72. The quantitative estimate of drug-likeness (QED) is 0.622. The minimum Gasteiger partial charge on any atom is -0.462 e. The number of carbonyl (C=O) groups is 1. The minimum absolute atomic E-state index is 0.344. The van der Waals surface area contributed by atoms with Crippen molar-refractivity contribution in [2.45, 2.75) is 13.8 Å². The van der Waals surface area contributed by atoms with Crippen molar-refractivity contribution in [1.82, 2.24) is 4.98 Å². The summed E-state index contributed by atoms with van der Waals surface area (Å²) in [5.41, 5.74) is 2.10. The van der Waals surface area contributed by atoms with Crippen LogP contribution in [0.2, 0.25) is 0 Å². The topological polar surface area (TPSA) is 39.2 Å². The van der Waals surface area contributed by atoms with Crippen molar-refractivity contribution in [3.8, 4) is 11.8 Å². The Morgan fingerprint density at radius 2 is 2.26 bits per heavy atom. The molecule has 0 amide bonds. The van der Waals surface area contributed by atoms with E-state index in [1.54, 1.807) is 6.92 Å². The number of esters is 1. The van der Waals surface area contributed by atoms with Gasteiger partial charge in [-0.25, -0.2) is 9.78 Å². The largest absolute Gasteiger partial charge is 0.462 e. The zero-order chi connectivity index (χ0) is 13.7. The van der Waals surface area contributed by atoms with Gasteiger partial charge in [-0.15, -0.1) is 0 Å². The van der Waals surface area contributed by atoms with Crippen molar-refractivity contribution >= 4 is 17.3 Å². The first-order chi connectivity index (χ1) is 9.19. The summed E-state index contributed by atoms with van der Waals surface area (Å²) in [6.07, 6.45) is 1.50. The number of nitrogens with zero attached hydrogens (tertiary/aromatic N) is 1. The lowest BCUT2D eigenvalue weighted by Crippen LogP contribution is -2.01. The van der Waals surface area contributed by atoms with E-state index in [0.29, 0.717) is 16.5 Å². The lowest BCUT2D eigenvalue weighted by Gasteiger charge is -1.95. The van der Waals surface area contributed by atoms with Crippen molar-refractivity contribution < 1.29 is 9.53 Å². The van der Waals surface area contributed by atoms with Crippen molar-refractivity contribution in [2.24, 2.45) is 0 Å². The molecule has 1 heterocycles. The van der Waals surface area contributed by atoms with E-state index in [1.807, 2.05) is 31.2 Å². The van der Waals surface area contributed by atoms with Crippen LogP contribution < -0.4 is 0 Å². The smallest absolute Gasteiger partial charge is 0.349 e. The zero-order valence-electron chi connectivity index (χ0n) is 10.8. The van der Waals surface area contributed by atoms with Crippen LogP contribution in [-0.4, -0.2) is 17.6 Å². The molecule has 19 heavy (non-hydrogen) atoms. The van der Waals surface area contributed by atoms with E-state index in [-0.39, 0.29) is 5.97 Å². The predicted octanol–water partition coefficient (Wildman–Crippen LogP) is 3.03. The summed E-state index contributed by atoms with van der Waals surface area (Å²) in [4.78, 5) is 16.1. The van der Waals surface area contributed by atoms with E-state index in [9.17, 15) is 4.79 Å². The second-order valence-corrected chi connectivity index (χ2v) is 4.90. The number of thiazole rings is 1. The van der Waals surface area contributed by atoms with Crippen LogP contribution in [0, 0.1) is 18.8 Å². The fourth-order valence-corrected chi connectivity index (χ4v) is 2.14. The van der Waals surface area contributed by atoms with E-state index in [0.717, 1.165) is 11.1 Å². The Balaban J connectivity index is 2.15. The van der Waals surface area contributed by atoms with Crippen molar-refractivity contribution in [1.29, 1.82) is 0 Å². The molecule has 2 aromatic rings. The molecule has 0 unspecified atom stereocenters. The summed E-state index contributed by atoms with van der Waals surface area (Å²) in [6.45, 7) is 4.16. The first-order valence-electron chi connectivity index (χ1n) is 5.90. The van der Waals surface area contributed by atoms with Gasteiger partial charge in [0, 0.05) is 5.56 Å². The number of hydrogen-bond donors (Lipinski definition) is 0. The molecular weight excluding hydrogens is 258 g/mol. The summed E-state index contributed by atoms with van der Waals surface area (Å²) in [5, 5.41) is 0.615. The summed E-state index contributed by atoms with van der Waals surface area (Å²) >= 11 is 1.25. The Bertz CT molecular complexity index is 649. The Labute approximate surface area is 116 Å². The van der Waals surface area contributed by atoms with Crippen LogP contribution >= 0.6 is 11.3 Å². The molecule has 0 saturated heterocycles. The number of aryl methyl sites for hydroxylation is 1. The highest BCUT2D eigenvalue weighted by Crippen LogP contribution is 2.13.